The number of ether oxygens (including phenoxy) is 1. The fourth-order valence-electron chi connectivity index (χ4n) is 3.29. The van der Waals surface area contributed by atoms with Gasteiger partial charge in [0.25, 0.3) is 7.82 Å². The van der Waals surface area contributed by atoms with Gasteiger partial charge in [0.1, 0.15) is 19.8 Å². The molecule has 0 bridgehead atoms. The Hall–Kier alpha value is -0.540. The van der Waals surface area contributed by atoms with E-state index in [0.29, 0.717) is 11.0 Å². The maximum absolute atomic E-state index is 11.9. The molecule has 1 N–H and O–H groups in total. The van der Waals surface area contributed by atoms with Crippen LogP contribution in [0.25, 0.3) is 0 Å². The topological polar surface area (TPSA) is 114 Å². The van der Waals surface area contributed by atoms with Crippen LogP contribution in [-0.2, 0) is 28.0 Å². The molecule has 0 amide bonds. The predicted molar refractivity (Wildman–Crippen MR) is 131 cm³/mol. The zero-order chi connectivity index (χ0) is 25.7. The van der Waals surface area contributed by atoms with E-state index < -0.39 is 26.5 Å². The molecule has 0 saturated carbocycles. The van der Waals surface area contributed by atoms with Crippen LogP contribution in [0.5, 0.6) is 0 Å². The van der Waals surface area contributed by atoms with Crippen molar-refractivity contribution in [2.24, 2.45) is 0 Å². The SMILES string of the molecule is CCCCCCCCCCCCCCCC(=O)OCC(COP(=O)([O-])OCC[N+](C)(C)C)OO. The molecule has 0 spiro atoms. The Bertz CT molecular complexity index is 542. The Kier molecular flexibility index (Phi) is 20.3. The molecule has 0 aromatic carbocycles. The molecule has 2 atom stereocenters. The number of rotatable bonds is 24. The normalized spacial score (nSPS) is 14.6. The summed E-state index contributed by atoms with van der Waals surface area (Å²) in [6, 6.07) is 0. The zero-order valence-electron chi connectivity index (χ0n) is 22.0. The number of carbonyl (C=O) groups is 1. The summed E-state index contributed by atoms with van der Waals surface area (Å²) in [5, 5.41) is 8.91. The maximum Gasteiger partial charge on any atom is 0.305 e. The molecule has 0 aliphatic rings. The molecule has 0 aliphatic heterocycles. The molecule has 34 heavy (non-hydrogen) atoms. The van der Waals surface area contributed by atoms with E-state index in [9.17, 15) is 14.3 Å². The van der Waals surface area contributed by atoms with Gasteiger partial charge in [-0.1, -0.05) is 84.0 Å². The lowest BCUT2D eigenvalue weighted by molar-refractivity contribution is -0.870. The number of esters is 1. The number of hydrogen-bond acceptors (Lipinski definition) is 8. The minimum Gasteiger partial charge on any atom is -0.756 e. The molecule has 0 heterocycles. The van der Waals surface area contributed by atoms with Crippen LogP contribution in [0.4, 0.5) is 0 Å². The first-order chi connectivity index (χ1) is 16.1. The number of quaternary nitrogens is 1. The van der Waals surface area contributed by atoms with Crippen molar-refractivity contribution in [2.75, 3.05) is 47.5 Å². The standard InChI is InChI=1S/C24H50NO8P/c1-5-6-7-8-9-10-11-12-13-14-15-16-17-18-24(26)30-21-23(33-27)22-32-34(28,29)31-20-19-25(2,3)4/h23H,5-22H2,1-4H3,(H-,27,28,29). The van der Waals surface area contributed by atoms with Crippen molar-refractivity contribution in [3.8, 4) is 0 Å². The van der Waals surface area contributed by atoms with E-state index in [1.54, 1.807) is 0 Å². The summed E-state index contributed by atoms with van der Waals surface area (Å²) in [5.74, 6) is -0.408. The van der Waals surface area contributed by atoms with Crippen LogP contribution in [0.15, 0.2) is 0 Å². The van der Waals surface area contributed by atoms with Crippen LogP contribution in [-0.4, -0.2) is 69.3 Å². The van der Waals surface area contributed by atoms with E-state index in [-0.39, 0.29) is 19.6 Å². The molecular formula is C24H50NO8P. The smallest absolute Gasteiger partial charge is 0.305 e. The molecule has 0 saturated heterocycles. The summed E-state index contributed by atoms with van der Waals surface area (Å²) in [4.78, 5) is 27.8. The van der Waals surface area contributed by atoms with Gasteiger partial charge in [-0.25, -0.2) is 4.89 Å². The summed E-state index contributed by atoms with van der Waals surface area (Å²) >= 11 is 0. The third-order valence-corrected chi connectivity index (χ3v) is 6.46. The van der Waals surface area contributed by atoms with Crippen LogP contribution in [0.2, 0.25) is 0 Å². The first-order valence-electron chi connectivity index (χ1n) is 13.0. The summed E-state index contributed by atoms with van der Waals surface area (Å²) in [5.41, 5.74) is 0. The fourth-order valence-corrected chi connectivity index (χ4v) is 4.02. The third kappa shape index (κ3) is 23.2. The fraction of sp³-hybridized carbons (Fsp3) is 0.958. The van der Waals surface area contributed by atoms with Gasteiger partial charge >= 0.3 is 5.97 Å². The second kappa shape index (κ2) is 20.6. The van der Waals surface area contributed by atoms with Crippen molar-refractivity contribution >= 4 is 13.8 Å². The molecule has 9 nitrogen and oxygen atoms in total. The van der Waals surface area contributed by atoms with Crippen LogP contribution in [0, 0.1) is 0 Å². The largest absolute Gasteiger partial charge is 0.756 e. The molecule has 0 aromatic rings. The van der Waals surface area contributed by atoms with Gasteiger partial charge in [0.05, 0.1) is 27.7 Å². The number of likely N-dealkylation sites (N-methyl/N-ethyl adjacent to an activating group) is 1. The monoisotopic (exact) mass is 511 g/mol. The van der Waals surface area contributed by atoms with Crippen molar-refractivity contribution in [1.29, 1.82) is 0 Å². The lowest BCUT2D eigenvalue weighted by Crippen LogP contribution is -2.37. The van der Waals surface area contributed by atoms with Gasteiger partial charge in [-0.2, -0.15) is 0 Å². The number of phosphoric ester groups is 1. The average Bonchev–Trinajstić information content (AvgIpc) is 2.76. The van der Waals surface area contributed by atoms with Gasteiger partial charge in [-0.3, -0.25) is 14.6 Å². The van der Waals surface area contributed by atoms with E-state index in [2.05, 4.69) is 11.8 Å². The van der Waals surface area contributed by atoms with E-state index in [1.807, 2.05) is 21.1 Å². The van der Waals surface area contributed by atoms with E-state index in [4.69, 9.17) is 19.0 Å². The Balaban J connectivity index is 3.71. The molecule has 0 aliphatic carbocycles. The molecule has 0 fully saturated rings. The Morgan fingerprint density at radius 2 is 1.35 bits per heavy atom. The number of unbranched alkanes of at least 4 members (excludes halogenated alkanes) is 12. The Labute approximate surface area is 207 Å². The minimum atomic E-state index is -4.53. The van der Waals surface area contributed by atoms with Crippen molar-refractivity contribution in [1.82, 2.24) is 0 Å². The molecular weight excluding hydrogens is 461 g/mol. The molecule has 0 radical (unpaired) electrons. The van der Waals surface area contributed by atoms with Gasteiger partial charge in [-0.15, -0.1) is 0 Å². The second-order valence-corrected chi connectivity index (χ2v) is 11.4. The van der Waals surface area contributed by atoms with Crippen molar-refractivity contribution in [3.63, 3.8) is 0 Å². The van der Waals surface area contributed by atoms with E-state index in [1.165, 1.54) is 64.2 Å². The maximum atomic E-state index is 11.9. The predicted octanol–water partition coefficient (Wildman–Crippen LogP) is 5.08. The summed E-state index contributed by atoms with van der Waals surface area (Å²) < 4.78 is 26.8. The summed E-state index contributed by atoms with van der Waals surface area (Å²) in [6.45, 7) is 1.89. The Morgan fingerprint density at radius 3 is 1.82 bits per heavy atom. The highest BCUT2D eigenvalue weighted by Gasteiger charge is 2.19. The van der Waals surface area contributed by atoms with Crippen LogP contribution < -0.4 is 4.89 Å². The van der Waals surface area contributed by atoms with Crippen LogP contribution in [0.1, 0.15) is 96.8 Å². The lowest BCUT2D eigenvalue weighted by atomic mass is 10.0. The van der Waals surface area contributed by atoms with Crippen LogP contribution in [0.3, 0.4) is 0 Å². The molecule has 0 aromatic heterocycles. The highest BCUT2D eigenvalue weighted by atomic mass is 31.2. The van der Waals surface area contributed by atoms with Gasteiger partial charge in [0.15, 0.2) is 6.10 Å². The van der Waals surface area contributed by atoms with Crippen molar-refractivity contribution in [3.05, 3.63) is 0 Å². The van der Waals surface area contributed by atoms with E-state index in [0.717, 1.165) is 19.3 Å². The van der Waals surface area contributed by atoms with Crippen molar-refractivity contribution in [2.45, 2.75) is 103 Å². The number of nitrogens with zero attached hydrogens (tertiary/aromatic N) is 1. The summed E-state index contributed by atoms with van der Waals surface area (Å²) in [7, 11) is 1.19. The zero-order valence-corrected chi connectivity index (χ0v) is 22.9. The average molecular weight is 512 g/mol. The lowest BCUT2D eigenvalue weighted by Gasteiger charge is -2.27. The number of phosphoric acid groups is 1. The highest BCUT2D eigenvalue weighted by molar-refractivity contribution is 7.45. The quantitative estimate of drug-likeness (QED) is 0.0477. The molecule has 2 unspecified atom stereocenters. The minimum absolute atomic E-state index is 0.0248. The third-order valence-electron chi connectivity index (χ3n) is 5.49. The van der Waals surface area contributed by atoms with Gasteiger partial charge in [0, 0.05) is 6.42 Å². The van der Waals surface area contributed by atoms with Gasteiger partial charge in [-0.05, 0) is 6.42 Å². The van der Waals surface area contributed by atoms with Crippen molar-refractivity contribution < 1.29 is 42.7 Å². The second-order valence-electron chi connectivity index (χ2n) is 9.99. The first-order valence-corrected chi connectivity index (χ1v) is 14.4. The number of carbonyl (C=O) groups excluding carboxylic acids is 1. The number of hydrogen-bond donors (Lipinski definition) is 1. The van der Waals surface area contributed by atoms with E-state index >= 15 is 0 Å². The molecule has 204 valence electrons. The summed E-state index contributed by atoms with van der Waals surface area (Å²) in [6.07, 6.45) is 15.1. The molecule has 10 heteroatoms. The van der Waals surface area contributed by atoms with Gasteiger partial charge < -0.3 is 23.2 Å². The van der Waals surface area contributed by atoms with Gasteiger partial charge in [0.2, 0.25) is 0 Å². The highest BCUT2D eigenvalue weighted by Crippen LogP contribution is 2.38. The van der Waals surface area contributed by atoms with Crippen LogP contribution >= 0.6 is 7.82 Å². The molecule has 0 rings (SSSR count). The first kappa shape index (κ1) is 33.5. The Morgan fingerprint density at radius 1 is 0.853 bits per heavy atom.